The Hall–Kier alpha value is -2.26. The predicted octanol–water partition coefficient (Wildman–Crippen LogP) is 4.42. The molecule has 0 saturated heterocycles. The SMILES string of the molecule is COCCn1c(=NC(=O)c2cc(OC)c(OC)c(OC)c2)sc2ccc(Cl)c(Cl)c21. The number of carbonyl (C=O) groups is 1. The van der Waals surface area contributed by atoms with E-state index in [4.69, 9.17) is 42.1 Å². The molecular weight excluding hydrogens is 451 g/mol. The third-order valence-corrected chi connectivity index (χ3v) is 6.20. The van der Waals surface area contributed by atoms with Crippen molar-refractivity contribution in [1.29, 1.82) is 0 Å². The highest BCUT2D eigenvalue weighted by atomic mass is 35.5. The highest BCUT2D eigenvalue weighted by Crippen LogP contribution is 2.38. The first-order chi connectivity index (χ1) is 14.4. The zero-order valence-corrected chi connectivity index (χ0v) is 19.2. The Labute approximate surface area is 187 Å². The fraction of sp³-hybridized carbons (Fsp3) is 0.300. The lowest BCUT2D eigenvalue weighted by Crippen LogP contribution is -2.19. The molecule has 0 aliphatic carbocycles. The first-order valence-electron chi connectivity index (χ1n) is 8.80. The fourth-order valence-corrected chi connectivity index (χ4v) is 4.47. The van der Waals surface area contributed by atoms with Crippen LogP contribution in [0.2, 0.25) is 10.0 Å². The van der Waals surface area contributed by atoms with E-state index in [2.05, 4.69) is 4.99 Å². The minimum Gasteiger partial charge on any atom is -0.493 e. The number of aromatic nitrogens is 1. The highest BCUT2D eigenvalue weighted by molar-refractivity contribution is 7.16. The second-order valence-electron chi connectivity index (χ2n) is 6.07. The van der Waals surface area contributed by atoms with Crippen molar-refractivity contribution in [2.75, 3.05) is 35.0 Å². The topological polar surface area (TPSA) is 71.3 Å². The van der Waals surface area contributed by atoms with Crippen LogP contribution in [0.1, 0.15) is 10.4 Å². The van der Waals surface area contributed by atoms with Gasteiger partial charge < -0.3 is 23.5 Å². The summed E-state index contributed by atoms with van der Waals surface area (Å²) in [6.07, 6.45) is 0. The Balaban J connectivity index is 2.17. The van der Waals surface area contributed by atoms with Crippen LogP contribution in [-0.2, 0) is 11.3 Å². The monoisotopic (exact) mass is 470 g/mol. The Kier molecular flexibility index (Phi) is 7.25. The van der Waals surface area contributed by atoms with E-state index in [1.165, 1.54) is 32.7 Å². The molecule has 0 unspecified atom stereocenters. The molecule has 1 amide bonds. The zero-order valence-electron chi connectivity index (χ0n) is 16.8. The maximum absolute atomic E-state index is 13.0. The van der Waals surface area contributed by atoms with Crippen LogP contribution >= 0.6 is 34.5 Å². The van der Waals surface area contributed by atoms with Crippen LogP contribution in [0.4, 0.5) is 0 Å². The number of ether oxygens (including phenoxy) is 4. The van der Waals surface area contributed by atoms with Gasteiger partial charge in [0.2, 0.25) is 5.75 Å². The van der Waals surface area contributed by atoms with Gasteiger partial charge in [0.25, 0.3) is 5.91 Å². The summed E-state index contributed by atoms with van der Waals surface area (Å²) < 4.78 is 23.8. The Morgan fingerprint density at radius 1 is 1.07 bits per heavy atom. The van der Waals surface area contributed by atoms with E-state index in [9.17, 15) is 4.79 Å². The number of halogens is 2. The van der Waals surface area contributed by atoms with Crippen LogP contribution in [0, 0.1) is 0 Å². The van der Waals surface area contributed by atoms with Crippen molar-refractivity contribution in [2.24, 2.45) is 4.99 Å². The van der Waals surface area contributed by atoms with Gasteiger partial charge in [-0.1, -0.05) is 34.5 Å². The fourth-order valence-electron chi connectivity index (χ4n) is 2.93. The molecule has 30 heavy (non-hydrogen) atoms. The van der Waals surface area contributed by atoms with E-state index in [0.29, 0.717) is 56.3 Å². The van der Waals surface area contributed by atoms with Gasteiger partial charge in [-0.25, -0.2) is 0 Å². The van der Waals surface area contributed by atoms with Crippen molar-refractivity contribution in [3.05, 3.63) is 44.7 Å². The van der Waals surface area contributed by atoms with Crippen molar-refractivity contribution in [2.45, 2.75) is 6.54 Å². The van der Waals surface area contributed by atoms with E-state index >= 15 is 0 Å². The Morgan fingerprint density at radius 2 is 1.73 bits per heavy atom. The molecule has 10 heteroatoms. The van der Waals surface area contributed by atoms with Gasteiger partial charge in [-0.2, -0.15) is 4.99 Å². The number of benzene rings is 2. The number of methoxy groups -OCH3 is 4. The summed E-state index contributed by atoms with van der Waals surface area (Å²) in [4.78, 5) is 17.8. The smallest absolute Gasteiger partial charge is 0.279 e. The van der Waals surface area contributed by atoms with Gasteiger partial charge in [-0.3, -0.25) is 4.79 Å². The number of carbonyl (C=O) groups excluding carboxylic acids is 1. The van der Waals surface area contributed by atoms with Crippen LogP contribution in [0.25, 0.3) is 10.2 Å². The molecule has 0 fully saturated rings. The quantitative estimate of drug-likeness (QED) is 0.510. The molecule has 0 atom stereocenters. The van der Waals surface area contributed by atoms with Gasteiger partial charge >= 0.3 is 0 Å². The molecule has 7 nitrogen and oxygen atoms in total. The number of hydrogen-bond donors (Lipinski definition) is 0. The molecule has 160 valence electrons. The minimum atomic E-state index is -0.464. The van der Waals surface area contributed by atoms with E-state index in [1.54, 1.807) is 25.3 Å². The third kappa shape index (κ3) is 4.27. The van der Waals surface area contributed by atoms with Crippen LogP contribution in [0.3, 0.4) is 0 Å². The van der Waals surface area contributed by atoms with Crippen molar-refractivity contribution in [3.8, 4) is 17.2 Å². The average molecular weight is 471 g/mol. The molecule has 0 radical (unpaired) electrons. The highest BCUT2D eigenvalue weighted by Gasteiger charge is 2.18. The van der Waals surface area contributed by atoms with Crippen LogP contribution < -0.4 is 19.0 Å². The first kappa shape index (κ1) is 22.4. The molecule has 0 aliphatic heterocycles. The molecule has 0 saturated carbocycles. The molecular formula is C20H20Cl2N2O5S. The molecule has 3 aromatic rings. The molecule has 0 bridgehead atoms. The largest absolute Gasteiger partial charge is 0.493 e. The van der Waals surface area contributed by atoms with E-state index in [1.807, 2.05) is 10.6 Å². The van der Waals surface area contributed by atoms with Crippen LogP contribution in [0.5, 0.6) is 17.2 Å². The summed E-state index contributed by atoms with van der Waals surface area (Å²) >= 11 is 14.0. The van der Waals surface area contributed by atoms with Gasteiger partial charge in [-0.15, -0.1) is 0 Å². The molecule has 1 aromatic heterocycles. The van der Waals surface area contributed by atoms with Crippen molar-refractivity contribution in [3.63, 3.8) is 0 Å². The minimum absolute atomic E-state index is 0.296. The first-order valence-corrected chi connectivity index (χ1v) is 10.4. The van der Waals surface area contributed by atoms with E-state index in [0.717, 1.165) is 4.70 Å². The summed E-state index contributed by atoms with van der Waals surface area (Å²) in [6, 6.07) is 6.68. The van der Waals surface area contributed by atoms with Crippen molar-refractivity contribution in [1.82, 2.24) is 4.57 Å². The summed E-state index contributed by atoms with van der Waals surface area (Å²) in [7, 11) is 6.07. The summed E-state index contributed by atoms with van der Waals surface area (Å²) in [5.41, 5.74) is 1.01. The van der Waals surface area contributed by atoms with Gasteiger partial charge in [-0.05, 0) is 24.3 Å². The maximum atomic E-state index is 13.0. The standard InChI is InChI=1S/C20H20Cl2N2O5S/c1-26-8-7-24-17-15(6-5-12(21)16(17)22)30-20(24)23-19(25)11-9-13(27-2)18(29-4)14(10-11)28-3/h5-6,9-10H,7-8H2,1-4H3. The second-order valence-corrected chi connectivity index (χ2v) is 7.86. The second kappa shape index (κ2) is 9.70. The van der Waals surface area contributed by atoms with E-state index < -0.39 is 5.91 Å². The Bertz CT molecular complexity index is 1130. The molecule has 0 spiro atoms. The van der Waals surface area contributed by atoms with Gasteiger partial charge in [0.1, 0.15) is 0 Å². The summed E-state index contributed by atoms with van der Waals surface area (Å²) in [6.45, 7) is 0.873. The molecule has 2 aromatic carbocycles. The molecule has 0 N–H and O–H groups in total. The van der Waals surface area contributed by atoms with Crippen LogP contribution in [-0.4, -0.2) is 45.5 Å². The van der Waals surface area contributed by atoms with Crippen molar-refractivity contribution >= 4 is 50.7 Å². The third-order valence-electron chi connectivity index (χ3n) is 4.36. The van der Waals surface area contributed by atoms with Gasteiger partial charge in [0.05, 0.1) is 48.2 Å². The summed E-state index contributed by atoms with van der Waals surface area (Å²) in [5.74, 6) is 0.673. The number of nitrogens with zero attached hydrogens (tertiary/aromatic N) is 2. The predicted molar refractivity (Wildman–Crippen MR) is 118 cm³/mol. The van der Waals surface area contributed by atoms with Gasteiger partial charge in [0.15, 0.2) is 16.3 Å². The number of hydrogen-bond acceptors (Lipinski definition) is 6. The zero-order chi connectivity index (χ0) is 21.8. The average Bonchev–Trinajstić information content (AvgIpc) is 3.11. The lowest BCUT2D eigenvalue weighted by Gasteiger charge is -2.12. The normalized spacial score (nSPS) is 11.7. The molecule has 3 rings (SSSR count). The van der Waals surface area contributed by atoms with Gasteiger partial charge in [0, 0.05) is 19.2 Å². The number of amides is 1. The lowest BCUT2D eigenvalue weighted by molar-refractivity contribution is 0.0996. The number of fused-ring (bicyclic) bond motifs is 1. The molecule has 0 aliphatic rings. The summed E-state index contributed by atoms with van der Waals surface area (Å²) in [5, 5.41) is 0.832. The van der Waals surface area contributed by atoms with Crippen LogP contribution in [0.15, 0.2) is 29.3 Å². The number of rotatable bonds is 7. The Morgan fingerprint density at radius 3 is 2.30 bits per heavy atom. The van der Waals surface area contributed by atoms with E-state index in [-0.39, 0.29) is 0 Å². The molecule has 1 heterocycles. The number of thiazole rings is 1. The maximum Gasteiger partial charge on any atom is 0.279 e. The van der Waals surface area contributed by atoms with Crippen molar-refractivity contribution < 1.29 is 23.7 Å². The lowest BCUT2D eigenvalue weighted by atomic mass is 10.1.